The van der Waals surface area contributed by atoms with Crippen molar-refractivity contribution >= 4 is 0 Å². The molecule has 2 nitrogen and oxygen atoms in total. The number of aromatic nitrogens is 1. The molecule has 1 heterocycles. The second-order valence-electron chi connectivity index (χ2n) is 2.88. The van der Waals surface area contributed by atoms with Gasteiger partial charge in [-0.1, -0.05) is 6.07 Å². The number of rotatable bonds is 1. The lowest BCUT2D eigenvalue weighted by Gasteiger charge is -2.18. The van der Waals surface area contributed by atoms with E-state index in [1.165, 1.54) is 0 Å². The van der Waals surface area contributed by atoms with Crippen molar-refractivity contribution in [3.05, 3.63) is 29.6 Å². The van der Waals surface area contributed by atoms with Gasteiger partial charge in [0.1, 0.15) is 0 Å². The molecule has 16 heavy (non-hydrogen) atoms. The van der Waals surface area contributed by atoms with Crippen LogP contribution in [0.4, 0.5) is 26.3 Å². The van der Waals surface area contributed by atoms with Gasteiger partial charge >= 0.3 is 12.4 Å². The second kappa shape index (κ2) is 3.93. The predicted molar refractivity (Wildman–Crippen MR) is 40.3 cm³/mol. The van der Waals surface area contributed by atoms with Gasteiger partial charge in [0.2, 0.25) is 0 Å². The molecule has 1 atom stereocenters. The van der Waals surface area contributed by atoms with Crippen LogP contribution >= 0.6 is 0 Å². The Morgan fingerprint density at radius 1 is 1.12 bits per heavy atom. The molecule has 1 rings (SSSR count). The van der Waals surface area contributed by atoms with Crippen molar-refractivity contribution in [2.24, 2.45) is 0 Å². The summed E-state index contributed by atoms with van der Waals surface area (Å²) >= 11 is 0. The molecule has 0 aliphatic rings. The zero-order valence-electron chi connectivity index (χ0n) is 7.47. The fourth-order valence-electron chi connectivity index (χ4n) is 1.05. The summed E-state index contributed by atoms with van der Waals surface area (Å²) in [6, 6.07) is 1.42. The molecule has 1 aromatic heterocycles. The molecule has 8 heteroatoms. The zero-order chi connectivity index (χ0) is 12.6. The summed E-state index contributed by atoms with van der Waals surface area (Å²) < 4.78 is 72.9. The standard InChI is InChI=1S/C8H5F6NO/c9-7(10,11)5-4(2-1-3-15-5)6(16)8(12,13)14/h1-3,6,16H. The third-order valence-electron chi connectivity index (χ3n) is 1.71. The molecular weight excluding hydrogens is 240 g/mol. The highest BCUT2D eigenvalue weighted by molar-refractivity contribution is 5.25. The molecule has 0 amide bonds. The molecule has 0 aliphatic heterocycles. The third-order valence-corrected chi connectivity index (χ3v) is 1.71. The monoisotopic (exact) mass is 245 g/mol. The van der Waals surface area contributed by atoms with E-state index in [1.54, 1.807) is 0 Å². The van der Waals surface area contributed by atoms with Gasteiger partial charge in [-0.05, 0) is 6.07 Å². The Labute approximate surface area is 85.5 Å². The Balaban J connectivity index is 3.25. The van der Waals surface area contributed by atoms with E-state index in [9.17, 15) is 26.3 Å². The minimum atomic E-state index is -5.16. The van der Waals surface area contributed by atoms with Gasteiger partial charge in [0.15, 0.2) is 11.8 Å². The zero-order valence-corrected chi connectivity index (χ0v) is 7.47. The van der Waals surface area contributed by atoms with E-state index in [0.29, 0.717) is 12.3 Å². The molecule has 90 valence electrons. The highest BCUT2D eigenvalue weighted by atomic mass is 19.4. The van der Waals surface area contributed by atoms with Crippen molar-refractivity contribution in [2.45, 2.75) is 18.5 Å². The van der Waals surface area contributed by atoms with Crippen molar-refractivity contribution in [1.82, 2.24) is 4.98 Å². The lowest BCUT2D eigenvalue weighted by atomic mass is 10.1. The SMILES string of the molecule is OC(c1cccnc1C(F)(F)F)C(F)(F)F. The molecule has 0 spiro atoms. The molecule has 0 aliphatic carbocycles. The summed E-state index contributed by atoms with van der Waals surface area (Å²) in [5.41, 5.74) is -3.04. The first kappa shape index (κ1) is 12.8. The van der Waals surface area contributed by atoms with Crippen molar-refractivity contribution in [1.29, 1.82) is 0 Å². The quantitative estimate of drug-likeness (QED) is 0.771. The number of alkyl halides is 6. The Kier molecular flexibility index (Phi) is 3.13. The van der Waals surface area contributed by atoms with Crippen LogP contribution in [-0.2, 0) is 6.18 Å². The Morgan fingerprint density at radius 2 is 1.69 bits per heavy atom. The number of pyridine rings is 1. The molecule has 1 aromatic rings. The van der Waals surface area contributed by atoms with Gasteiger partial charge in [-0.3, -0.25) is 4.98 Å². The number of hydrogen-bond acceptors (Lipinski definition) is 2. The fraction of sp³-hybridized carbons (Fsp3) is 0.375. The Bertz CT molecular complexity index is 372. The highest BCUT2D eigenvalue weighted by Gasteiger charge is 2.45. The van der Waals surface area contributed by atoms with Crippen molar-refractivity contribution in [2.75, 3.05) is 0 Å². The summed E-state index contributed by atoms with van der Waals surface area (Å²) in [6.07, 6.45) is -12.7. The lowest BCUT2D eigenvalue weighted by Crippen LogP contribution is -2.24. The Morgan fingerprint density at radius 3 is 2.12 bits per heavy atom. The molecular formula is C8H5F6NO. The second-order valence-corrected chi connectivity index (χ2v) is 2.88. The van der Waals surface area contributed by atoms with Crippen molar-refractivity contribution in [3.63, 3.8) is 0 Å². The molecule has 0 bridgehead atoms. The average molecular weight is 245 g/mol. The van der Waals surface area contributed by atoms with Crippen molar-refractivity contribution < 1.29 is 31.4 Å². The first-order valence-electron chi connectivity index (χ1n) is 3.91. The van der Waals surface area contributed by atoms with Gasteiger partial charge in [0.05, 0.1) is 0 Å². The largest absolute Gasteiger partial charge is 0.433 e. The van der Waals surface area contributed by atoms with Gasteiger partial charge in [-0.2, -0.15) is 26.3 Å². The summed E-state index contributed by atoms with van der Waals surface area (Å²) in [5, 5.41) is 8.74. The van der Waals surface area contributed by atoms with Crippen LogP contribution in [0, 0.1) is 0 Å². The van der Waals surface area contributed by atoms with Crippen LogP contribution in [0.2, 0.25) is 0 Å². The van der Waals surface area contributed by atoms with Crippen LogP contribution < -0.4 is 0 Å². The van der Waals surface area contributed by atoms with E-state index in [2.05, 4.69) is 4.98 Å². The maximum absolute atomic E-state index is 12.3. The highest BCUT2D eigenvalue weighted by Crippen LogP contribution is 2.38. The van der Waals surface area contributed by atoms with E-state index in [0.717, 1.165) is 6.07 Å². The summed E-state index contributed by atoms with van der Waals surface area (Å²) in [4.78, 5) is 2.80. The molecule has 1 N–H and O–H groups in total. The third kappa shape index (κ3) is 2.63. The van der Waals surface area contributed by atoms with Crippen LogP contribution in [0.5, 0.6) is 0 Å². The molecule has 1 unspecified atom stereocenters. The van der Waals surface area contributed by atoms with Crippen molar-refractivity contribution in [3.8, 4) is 0 Å². The number of nitrogens with zero attached hydrogens (tertiary/aromatic N) is 1. The van der Waals surface area contributed by atoms with Crippen LogP contribution in [0.25, 0.3) is 0 Å². The lowest BCUT2D eigenvalue weighted by molar-refractivity contribution is -0.209. The van der Waals surface area contributed by atoms with Gasteiger partial charge < -0.3 is 5.11 Å². The number of hydrogen-bond donors (Lipinski definition) is 1. The van der Waals surface area contributed by atoms with Crippen LogP contribution in [0.1, 0.15) is 17.4 Å². The van der Waals surface area contributed by atoms with Crippen LogP contribution in [-0.4, -0.2) is 16.3 Å². The van der Waals surface area contributed by atoms with E-state index in [4.69, 9.17) is 5.11 Å². The fourth-order valence-corrected chi connectivity index (χ4v) is 1.05. The number of aliphatic hydroxyl groups is 1. The topological polar surface area (TPSA) is 33.1 Å². The molecule has 0 saturated heterocycles. The Hall–Kier alpha value is -1.31. The van der Waals surface area contributed by atoms with E-state index < -0.39 is 29.7 Å². The van der Waals surface area contributed by atoms with Gasteiger partial charge in [-0.25, -0.2) is 0 Å². The maximum atomic E-state index is 12.3. The summed E-state index contributed by atoms with van der Waals surface area (Å²) in [7, 11) is 0. The summed E-state index contributed by atoms with van der Waals surface area (Å²) in [6.45, 7) is 0. The minimum absolute atomic E-state index is 0.536. The van der Waals surface area contributed by atoms with E-state index in [-0.39, 0.29) is 0 Å². The maximum Gasteiger partial charge on any atom is 0.433 e. The number of halogens is 6. The van der Waals surface area contributed by atoms with E-state index >= 15 is 0 Å². The summed E-state index contributed by atoms with van der Waals surface area (Å²) in [5.74, 6) is 0. The van der Waals surface area contributed by atoms with Gasteiger partial charge in [-0.15, -0.1) is 0 Å². The van der Waals surface area contributed by atoms with Crippen LogP contribution in [0.15, 0.2) is 18.3 Å². The smallest absolute Gasteiger partial charge is 0.379 e. The predicted octanol–water partition coefficient (Wildman–Crippen LogP) is 2.70. The molecule has 0 radical (unpaired) electrons. The first-order valence-corrected chi connectivity index (χ1v) is 3.91. The van der Waals surface area contributed by atoms with Crippen LogP contribution in [0.3, 0.4) is 0 Å². The van der Waals surface area contributed by atoms with Gasteiger partial charge in [0.25, 0.3) is 0 Å². The molecule has 0 aromatic carbocycles. The number of aliphatic hydroxyl groups excluding tert-OH is 1. The normalized spacial score (nSPS) is 14.9. The average Bonchev–Trinajstić information content (AvgIpc) is 2.14. The van der Waals surface area contributed by atoms with Gasteiger partial charge in [0, 0.05) is 11.8 Å². The van der Waals surface area contributed by atoms with E-state index in [1.807, 2.05) is 0 Å². The molecule has 0 saturated carbocycles. The minimum Gasteiger partial charge on any atom is -0.379 e. The molecule has 0 fully saturated rings. The first-order chi connectivity index (χ1) is 7.14.